The Kier molecular flexibility index (Phi) is 9.69. The normalized spacial score (nSPS) is 15.3. The summed E-state index contributed by atoms with van der Waals surface area (Å²) in [6.07, 6.45) is 1.99. The summed E-state index contributed by atoms with van der Waals surface area (Å²) in [6.45, 7) is 3.13. The lowest BCUT2D eigenvalue weighted by molar-refractivity contribution is -0.0790. The minimum Gasteiger partial charge on any atom is -0.397 e. The average molecular weight is 286 g/mol. The molecule has 0 spiro atoms. The quantitative estimate of drug-likeness (QED) is 0.482. The number of nitrogens with zero attached hydrogens (tertiary/aromatic N) is 2. The highest BCUT2D eigenvalue weighted by Crippen LogP contribution is 2.16. The summed E-state index contributed by atoms with van der Waals surface area (Å²) >= 11 is 0. The van der Waals surface area contributed by atoms with Crippen LogP contribution in [0.25, 0.3) is 6.08 Å². The number of aliphatic hydroxyl groups is 5. The van der Waals surface area contributed by atoms with Gasteiger partial charge >= 0.3 is 0 Å². The molecule has 7 heteroatoms. The van der Waals surface area contributed by atoms with Crippen LogP contribution in [0.15, 0.2) is 18.5 Å². The molecule has 1 aromatic rings. The van der Waals surface area contributed by atoms with Crippen molar-refractivity contribution in [3.8, 4) is 0 Å². The SMILES string of the molecule is C/C=C/c1cnc(C(O)C(O)[C@H](O)CO)cn1.CCO. The van der Waals surface area contributed by atoms with E-state index < -0.39 is 24.9 Å². The molecule has 114 valence electrons. The summed E-state index contributed by atoms with van der Waals surface area (Å²) in [5.74, 6) is 0. The van der Waals surface area contributed by atoms with Crippen LogP contribution in [-0.2, 0) is 0 Å². The lowest BCUT2D eigenvalue weighted by atomic mass is 10.1. The van der Waals surface area contributed by atoms with Gasteiger partial charge in [-0.1, -0.05) is 6.08 Å². The van der Waals surface area contributed by atoms with Gasteiger partial charge in [-0.2, -0.15) is 0 Å². The minimum absolute atomic E-state index is 0.137. The maximum absolute atomic E-state index is 9.67. The fourth-order valence-corrected chi connectivity index (χ4v) is 1.25. The van der Waals surface area contributed by atoms with Crippen molar-refractivity contribution in [3.05, 3.63) is 29.9 Å². The van der Waals surface area contributed by atoms with E-state index in [1.165, 1.54) is 12.4 Å². The summed E-state index contributed by atoms with van der Waals surface area (Å²) < 4.78 is 0. The molecule has 0 saturated heterocycles. The molecule has 5 N–H and O–H groups in total. The lowest BCUT2D eigenvalue weighted by Crippen LogP contribution is -2.35. The largest absolute Gasteiger partial charge is 0.397 e. The Morgan fingerprint density at radius 1 is 1.15 bits per heavy atom. The molecule has 0 bridgehead atoms. The van der Waals surface area contributed by atoms with Gasteiger partial charge in [0.2, 0.25) is 0 Å². The number of aliphatic hydroxyl groups excluding tert-OH is 5. The van der Waals surface area contributed by atoms with Gasteiger partial charge in [0.25, 0.3) is 0 Å². The van der Waals surface area contributed by atoms with Crippen LogP contribution in [0.2, 0.25) is 0 Å². The molecular formula is C13H22N2O5. The smallest absolute Gasteiger partial charge is 0.126 e. The average Bonchev–Trinajstić information content (AvgIpc) is 2.47. The van der Waals surface area contributed by atoms with Crippen molar-refractivity contribution >= 4 is 6.08 Å². The molecule has 0 saturated carbocycles. The van der Waals surface area contributed by atoms with Crippen LogP contribution in [0.1, 0.15) is 31.3 Å². The summed E-state index contributed by atoms with van der Waals surface area (Å²) in [7, 11) is 0. The molecule has 0 aliphatic heterocycles. The monoisotopic (exact) mass is 286 g/mol. The molecule has 0 aliphatic rings. The van der Waals surface area contributed by atoms with Crippen molar-refractivity contribution in [2.45, 2.75) is 32.2 Å². The van der Waals surface area contributed by atoms with Crippen LogP contribution < -0.4 is 0 Å². The predicted octanol–water partition coefficient (Wildman–Crippen LogP) is -0.744. The third kappa shape index (κ3) is 6.18. The second-order valence-corrected chi connectivity index (χ2v) is 3.87. The second-order valence-electron chi connectivity index (χ2n) is 3.87. The van der Waals surface area contributed by atoms with Gasteiger partial charge in [0, 0.05) is 6.61 Å². The van der Waals surface area contributed by atoms with Gasteiger partial charge in [-0.25, -0.2) is 0 Å². The standard InChI is InChI=1S/C11H16N2O4.C2H6O/c1-2-3-7-4-13-8(5-12-7)10(16)11(17)9(15)6-14;1-2-3/h2-5,9-11,14-17H,6H2,1H3;3H,2H2,1H3/b3-2+;/t9-,10?,11?;/m1./s1. The molecule has 0 aliphatic carbocycles. The first kappa shape index (κ1) is 18.6. The van der Waals surface area contributed by atoms with E-state index in [1.54, 1.807) is 19.1 Å². The molecule has 20 heavy (non-hydrogen) atoms. The molecule has 1 aromatic heterocycles. The number of hydrogen-bond acceptors (Lipinski definition) is 7. The summed E-state index contributed by atoms with van der Waals surface area (Å²) in [6, 6.07) is 0. The second kappa shape index (κ2) is 10.4. The molecule has 0 amide bonds. The van der Waals surface area contributed by atoms with Gasteiger partial charge in [-0.15, -0.1) is 0 Å². The maximum Gasteiger partial charge on any atom is 0.126 e. The van der Waals surface area contributed by atoms with Crippen LogP contribution in [0.5, 0.6) is 0 Å². The molecule has 1 heterocycles. The van der Waals surface area contributed by atoms with Crippen LogP contribution in [0.4, 0.5) is 0 Å². The maximum atomic E-state index is 9.67. The first-order chi connectivity index (χ1) is 9.51. The van der Waals surface area contributed by atoms with E-state index in [0.29, 0.717) is 5.69 Å². The van der Waals surface area contributed by atoms with Crippen molar-refractivity contribution in [1.29, 1.82) is 0 Å². The Morgan fingerprint density at radius 3 is 2.15 bits per heavy atom. The number of aromatic nitrogens is 2. The van der Waals surface area contributed by atoms with E-state index in [-0.39, 0.29) is 12.3 Å². The lowest BCUT2D eigenvalue weighted by Gasteiger charge is -2.20. The van der Waals surface area contributed by atoms with E-state index in [2.05, 4.69) is 9.97 Å². The Morgan fingerprint density at radius 2 is 1.75 bits per heavy atom. The molecule has 7 nitrogen and oxygen atoms in total. The van der Waals surface area contributed by atoms with Gasteiger partial charge in [0.05, 0.1) is 30.4 Å². The highest BCUT2D eigenvalue weighted by Gasteiger charge is 2.26. The van der Waals surface area contributed by atoms with Crippen molar-refractivity contribution in [2.24, 2.45) is 0 Å². The predicted molar refractivity (Wildman–Crippen MR) is 73.6 cm³/mol. The third-order valence-electron chi connectivity index (χ3n) is 2.24. The number of rotatable bonds is 5. The fraction of sp³-hybridized carbons (Fsp3) is 0.538. The van der Waals surface area contributed by atoms with Crippen molar-refractivity contribution < 1.29 is 25.5 Å². The van der Waals surface area contributed by atoms with Gasteiger partial charge in [0.1, 0.15) is 18.3 Å². The Balaban J connectivity index is 0.00000110. The molecular weight excluding hydrogens is 264 g/mol. The number of hydrogen-bond donors (Lipinski definition) is 5. The van der Waals surface area contributed by atoms with Gasteiger partial charge < -0.3 is 25.5 Å². The zero-order valence-electron chi connectivity index (χ0n) is 11.6. The van der Waals surface area contributed by atoms with E-state index >= 15 is 0 Å². The van der Waals surface area contributed by atoms with Gasteiger partial charge in [-0.3, -0.25) is 9.97 Å². The van der Waals surface area contributed by atoms with Crippen LogP contribution in [0, 0.1) is 0 Å². The molecule has 3 atom stereocenters. The first-order valence-electron chi connectivity index (χ1n) is 6.22. The highest BCUT2D eigenvalue weighted by molar-refractivity contribution is 5.42. The van der Waals surface area contributed by atoms with Gasteiger partial charge in [0.15, 0.2) is 0 Å². The van der Waals surface area contributed by atoms with E-state index in [9.17, 15) is 15.3 Å². The first-order valence-corrected chi connectivity index (χ1v) is 6.22. The Labute approximate surface area is 117 Å². The fourth-order valence-electron chi connectivity index (χ4n) is 1.25. The number of allylic oxidation sites excluding steroid dienone is 1. The summed E-state index contributed by atoms with van der Waals surface area (Å²) in [4.78, 5) is 7.91. The van der Waals surface area contributed by atoms with Crippen molar-refractivity contribution in [1.82, 2.24) is 9.97 Å². The van der Waals surface area contributed by atoms with E-state index in [1.807, 2.05) is 6.92 Å². The van der Waals surface area contributed by atoms with E-state index in [4.69, 9.17) is 10.2 Å². The zero-order valence-corrected chi connectivity index (χ0v) is 11.6. The molecule has 0 fully saturated rings. The zero-order chi connectivity index (χ0) is 15.5. The Bertz CT molecular complexity index is 383. The molecule has 2 unspecified atom stereocenters. The van der Waals surface area contributed by atoms with Crippen molar-refractivity contribution in [2.75, 3.05) is 13.2 Å². The molecule has 0 radical (unpaired) electrons. The summed E-state index contributed by atoms with van der Waals surface area (Å²) in [5, 5.41) is 44.5. The molecule has 0 aromatic carbocycles. The van der Waals surface area contributed by atoms with Crippen molar-refractivity contribution in [3.63, 3.8) is 0 Å². The van der Waals surface area contributed by atoms with Crippen LogP contribution in [-0.4, -0.2) is 60.9 Å². The topological polar surface area (TPSA) is 127 Å². The minimum atomic E-state index is -1.50. The van der Waals surface area contributed by atoms with Crippen LogP contribution in [0.3, 0.4) is 0 Å². The Hall–Kier alpha value is -1.38. The highest BCUT2D eigenvalue weighted by atomic mass is 16.4. The third-order valence-corrected chi connectivity index (χ3v) is 2.24. The van der Waals surface area contributed by atoms with Gasteiger partial charge in [-0.05, 0) is 19.9 Å². The molecule has 1 rings (SSSR count). The van der Waals surface area contributed by atoms with E-state index in [0.717, 1.165) is 0 Å². The summed E-state index contributed by atoms with van der Waals surface area (Å²) in [5.41, 5.74) is 0.763. The van der Waals surface area contributed by atoms with Crippen LogP contribution >= 0.6 is 0 Å².